The van der Waals surface area contributed by atoms with E-state index in [-0.39, 0.29) is 5.56 Å². The third kappa shape index (κ3) is 3.06. The molecule has 2 aromatic heterocycles. The maximum Gasteiger partial charge on any atom is 0.350 e. The molecule has 0 atom stereocenters. The summed E-state index contributed by atoms with van der Waals surface area (Å²) in [5.41, 5.74) is 2.02. The number of esters is 1. The first-order valence-electron chi connectivity index (χ1n) is 7.76. The second kappa shape index (κ2) is 6.28. The van der Waals surface area contributed by atoms with E-state index >= 15 is 0 Å². The highest BCUT2D eigenvalue weighted by Gasteiger charge is 2.16. The minimum atomic E-state index is -0.703. The highest BCUT2D eigenvalue weighted by molar-refractivity contribution is 5.90. The molecule has 3 rings (SSSR count). The fraction of sp³-hybridized carbons (Fsp3) is 0.211. The molecule has 0 saturated heterocycles. The molecule has 5 nitrogen and oxygen atoms in total. The molecule has 0 N–H and O–H groups in total. The first-order chi connectivity index (χ1) is 11.5. The van der Waals surface area contributed by atoms with Gasteiger partial charge in [0.15, 0.2) is 0 Å². The van der Waals surface area contributed by atoms with E-state index in [9.17, 15) is 9.59 Å². The van der Waals surface area contributed by atoms with Gasteiger partial charge in [0.1, 0.15) is 17.0 Å². The number of fused-ring (bicyclic) bond motifs is 1. The molecule has 0 fully saturated rings. The van der Waals surface area contributed by atoms with E-state index in [4.69, 9.17) is 4.74 Å². The Morgan fingerprint density at radius 3 is 2.75 bits per heavy atom. The molecule has 0 bridgehead atoms. The van der Waals surface area contributed by atoms with Crippen molar-refractivity contribution in [1.82, 2.24) is 9.38 Å². The molecule has 122 valence electrons. The minimum Gasteiger partial charge on any atom is -0.423 e. The molecule has 0 unspecified atom stereocenters. The lowest BCUT2D eigenvalue weighted by Gasteiger charge is -2.10. The van der Waals surface area contributed by atoms with E-state index in [1.165, 1.54) is 10.6 Å². The summed E-state index contributed by atoms with van der Waals surface area (Å²) in [6.45, 7) is 6.08. The number of carbonyl (C=O) groups excluding carboxylic acids is 1. The molecule has 0 amide bonds. The highest BCUT2D eigenvalue weighted by atomic mass is 16.5. The molecule has 0 saturated carbocycles. The van der Waals surface area contributed by atoms with Crippen LogP contribution in [0.1, 0.15) is 41.3 Å². The van der Waals surface area contributed by atoms with Crippen LogP contribution in [0, 0.1) is 6.92 Å². The Kier molecular flexibility index (Phi) is 4.16. The van der Waals surface area contributed by atoms with Crippen LogP contribution in [0.5, 0.6) is 5.75 Å². The maximum atomic E-state index is 12.4. The number of aryl methyl sites for hydroxylation is 1. The van der Waals surface area contributed by atoms with E-state index < -0.39 is 11.5 Å². The Morgan fingerprint density at radius 2 is 2.00 bits per heavy atom. The van der Waals surface area contributed by atoms with Crippen LogP contribution in [-0.4, -0.2) is 15.4 Å². The minimum absolute atomic E-state index is 0.0914. The molecule has 0 aliphatic rings. The Balaban J connectivity index is 1.96. The predicted octanol–water partition coefficient (Wildman–Crippen LogP) is 3.35. The van der Waals surface area contributed by atoms with Crippen LogP contribution in [-0.2, 0) is 0 Å². The van der Waals surface area contributed by atoms with E-state index in [0.717, 1.165) is 11.1 Å². The molecular formula is C19H18N2O3. The van der Waals surface area contributed by atoms with Crippen LogP contribution in [0.3, 0.4) is 0 Å². The van der Waals surface area contributed by atoms with Gasteiger partial charge in [-0.2, -0.15) is 0 Å². The number of nitrogens with zero attached hydrogens (tertiary/aromatic N) is 2. The van der Waals surface area contributed by atoms with Gasteiger partial charge in [0.2, 0.25) is 0 Å². The van der Waals surface area contributed by atoms with Gasteiger partial charge in [-0.3, -0.25) is 9.20 Å². The van der Waals surface area contributed by atoms with Crippen LogP contribution < -0.4 is 10.3 Å². The summed E-state index contributed by atoms with van der Waals surface area (Å²) in [4.78, 5) is 29.0. The van der Waals surface area contributed by atoms with Gasteiger partial charge in [-0.1, -0.05) is 26.0 Å². The van der Waals surface area contributed by atoms with Crippen molar-refractivity contribution in [3.05, 3.63) is 75.8 Å². The van der Waals surface area contributed by atoms with Gasteiger partial charge in [-0.05, 0) is 48.2 Å². The summed E-state index contributed by atoms with van der Waals surface area (Å²) in [5, 5.41) is 0. The Hall–Kier alpha value is -2.95. The molecule has 24 heavy (non-hydrogen) atoms. The third-order valence-electron chi connectivity index (χ3n) is 3.78. The molecule has 3 aromatic rings. The van der Waals surface area contributed by atoms with E-state index in [1.54, 1.807) is 30.5 Å². The van der Waals surface area contributed by atoms with Crippen molar-refractivity contribution < 1.29 is 9.53 Å². The Labute approximate surface area is 139 Å². The monoisotopic (exact) mass is 322 g/mol. The van der Waals surface area contributed by atoms with Gasteiger partial charge in [0.05, 0.1) is 0 Å². The number of rotatable bonds is 3. The zero-order valence-electron chi connectivity index (χ0n) is 13.8. The van der Waals surface area contributed by atoms with Crippen LogP contribution in [0.25, 0.3) is 5.65 Å². The number of ether oxygens (including phenoxy) is 1. The summed E-state index contributed by atoms with van der Waals surface area (Å²) >= 11 is 0. The fourth-order valence-corrected chi connectivity index (χ4v) is 2.50. The second-order valence-corrected chi connectivity index (χ2v) is 6.03. The number of hydrogen-bond donors (Lipinski definition) is 0. The van der Waals surface area contributed by atoms with Crippen molar-refractivity contribution in [3.63, 3.8) is 0 Å². The zero-order valence-corrected chi connectivity index (χ0v) is 13.8. The normalized spacial score (nSPS) is 11.0. The maximum absolute atomic E-state index is 12.4. The van der Waals surface area contributed by atoms with Gasteiger partial charge in [-0.15, -0.1) is 0 Å². The SMILES string of the molecule is Cc1cc(OC(=O)c2cnc3ccccn3c2=O)cc(C(C)C)c1. The quantitative estimate of drug-likeness (QED) is 0.548. The van der Waals surface area contributed by atoms with Gasteiger partial charge in [0, 0.05) is 12.4 Å². The molecule has 2 heterocycles. The van der Waals surface area contributed by atoms with Crippen molar-refractivity contribution >= 4 is 11.6 Å². The summed E-state index contributed by atoms with van der Waals surface area (Å²) in [6.07, 6.45) is 2.84. The van der Waals surface area contributed by atoms with Crippen molar-refractivity contribution in [2.45, 2.75) is 26.7 Å². The number of benzene rings is 1. The number of hydrogen-bond acceptors (Lipinski definition) is 4. The molecule has 0 aliphatic heterocycles. The molecule has 0 radical (unpaired) electrons. The average Bonchev–Trinajstić information content (AvgIpc) is 2.54. The summed E-state index contributed by atoms with van der Waals surface area (Å²) in [7, 11) is 0. The van der Waals surface area contributed by atoms with Crippen molar-refractivity contribution in [2.24, 2.45) is 0 Å². The number of aromatic nitrogens is 2. The van der Waals surface area contributed by atoms with Crippen LogP contribution in [0.2, 0.25) is 0 Å². The molecule has 5 heteroatoms. The molecular weight excluding hydrogens is 304 g/mol. The Bertz CT molecular complexity index is 974. The lowest BCUT2D eigenvalue weighted by atomic mass is 10.0. The standard InChI is InChI=1S/C19H18N2O3/c1-12(2)14-8-13(3)9-15(10-14)24-19(23)16-11-20-17-6-4-5-7-21(17)18(16)22/h4-12H,1-3H3. The number of pyridine rings is 1. The fourth-order valence-electron chi connectivity index (χ4n) is 2.50. The molecule has 0 aliphatic carbocycles. The average molecular weight is 322 g/mol. The van der Waals surface area contributed by atoms with E-state index in [2.05, 4.69) is 24.9 Å². The summed E-state index contributed by atoms with van der Waals surface area (Å²) < 4.78 is 6.74. The van der Waals surface area contributed by atoms with Crippen molar-refractivity contribution in [3.8, 4) is 5.75 Å². The van der Waals surface area contributed by atoms with Gasteiger partial charge < -0.3 is 4.74 Å². The summed E-state index contributed by atoms with van der Waals surface area (Å²) in [5.74, 6) is 0.0441. The topological polar surface area (TPSA) is 60.7 Å². The number of carbonyl (C=O) groups is 1. The van der Waals surface area contributed by atoms with Gasteiger partial charge in [0.25, 0.3) is 5.56 Å². The first-order valence-corrected chi connectivity index (χ1v) is 7.76. The largest absolute Gasteiger partial charge is 0.423 e. The van der Waals surface area contributed by atoms with Crippen molar-refractivity contribution in [2.75, 3.05) is 0 Å². The zero-order chi connectivity index (χ0) is 17.3. The highest BCUT2D eigenvalue weighted by Crippen LogP contribution is 2.23. The first kappa shape index (κ1) is 15.9. The summed E-state index contributed by atoms with van der Waals surface area (Å²) in [6, 6.07) is 10.8. The van der Waals surface area contributed by atoms with Gasteiger partial charge >= 0.3 is 5.97 Å². The predicted molar refractivity (Wildman–Crippen MR) is 91.7 cm³/mol. The third-order valence-corrected chi connectivity index (χ3v) is 3.78. The van der Waals surface area contributed by atoms with Crippen LogP contribution in [0.15, 0.2) is 53.6 Å². The van der Waals surface area contributed by atoms with Crippen molar-refractivity contribution in [1.29, 1.82) is 0 Å². The molecule has 1 aromatic carbocycles. The van der Waals surface area contributed by atoms with Crippen LogP contribution >= 0.6 is 0 Å². The lowest BCUT2D eigenvalue weighted by molar-refractivity contribution is 0.0732. The molecule has 0 spiro atoms. The Morgan fingerprint density at radius 1 is 1.21 bits per heavy atom. The van der Waals surface area contributed by atoms with E-state index in [0.29, 0.717) is 17.3 Å². The van der Waals surface area contributed by atoms with Gasteiger partial charge in [-0.25, -0.2) is 9.78 Å². The van der Waals surface area contributed by atoms with Crippen LogP contribution in [0.4, 0.5) is 0 Å². The second-order valence-electron chi connectivity index (χ2n) is 6.03. The van der Waals surface area contributed by atoms with E-state index in [1.807, 2.05) is 13.0 Å². The smallest absolute Gasteiger partial charge is 0.350 e. The lowest BCUT2D eigenvalue weighted by Crippen LogP contribution is -2.25.